The summed E-state index contributed by atoms with van der Waals surface area (Å²) in [6.07, 6.45) is 2.19. The molecular weight excluding hydrogens is 381 g/mol. The van der Waals surface area contributed by atoms with E-state index in [1.807, 2.05) is 36.4 Å². The van der Waals surface area contributed by atoms with Crippen LogP contribution in [0.2, 0.25) is 0 Å². The second kappa shape index (κ2) is 12.7. The average Bonchev–Trinajstić information content (AvgIpc) is 2.64. The van der Waals surface area contributed by atoms with Crippen LogP contribution in [0.15, 0.2) is 60.7 Å². The number of carbonyl (C=O) groups excluding carboxylic acids is 1. The summed E-state index contributed by atoms with van der Waals surface area (Å²) in [5, 5.41) is 6.52. The number of halogens is 2. The molecule has 1 atom stereocenters. The molecule has 0 radical (unpaired) electrons. The van der Waals surface area contributed by atoms with Crippen molar-refractivity contribution < 1.29 is 4.79 Å². The molecule has 2 aromatic rings. The third kappa shape index (κ3) is 8.31. The lowest BCUT2D eigenvalue weighted by molar-refractivity contribution is -0.123. The highest BCUT2D eigenvalue weighted by molar-refractivity contribution is 5.85. The summed E-state index contributed by atoms with van der Waals surface area (Å²) in [5.41, 5.74) is 2.45. The van der Waals surface area contributed by atoms with Gasteiger partial charge in [-0.3, -0.25) is 9.69 Å². The second-order valence-electron chi connectivity index (χ2n) is 6.73. The van der Waals surface area contributed by atoms with Crippen LogP contribution in [0.4, 0.5) is 0 Å². The first-order valence-corrected chi connectivity index (χ1v) is 9.10. The van der Waals surface area contributed by atoms with Crippen LogP contribution in [0.5, 0.6) is 0 Å². The Kier molecular flexibility index (Phi) is 11.1. The van der Waals surface area contributed by atoms with Crippen molar-refractivity contribution in [1.82, 2.24) is 15.5 Å². The molecule has 0 aromatic heterocycles. The maximum Gasteiger partial charge on any atom is 0.234 e. The molecule has 0 spiro atoms. The lowest BCUT2D eigenvalue weighted by Gasteiger charge is -2.26. The Morgan fingerprint density at radius 2 is 1.52 bits per heavy atom. The molecule has 1 aliphatic heterocycles. The number of amides is 1. The zero-order valence-corrected chi connectivity index (χ0v) is 17.1. The molecule has 27 heavy (non-hydrogen) atoms. The van der Waals surface area contributed by atoms with Crippen LogP contribution < -0.4 is 10.6 Å². The Morgan fingerprint density at radius 3 is 2.00 bits per heavy atom. The summed E-state index contributed by atoms with van der Waals surface area (Å²) in [4.78, 5) is 14.7. The van der Waals surface area contributed by atoms with Crippen LogP contribution in [0.25, 0.3) is 0 Å². The van der Waals surface area contributed by atoms with Gasteiger partial charge in [0.2, 0.25) is 5.91 Å². The predicted molar refractivity (Wildman–Crippen MR) is 116 cm³/mol. The third-order valence-electron chi connectivity index (χ3n) is 4.53. The molecule has 6 heteroatoms. The van der Waals surface area contributed by atoms with E-state index in [0.717, 1.165) is 39.0 Å². The van der Waals surface area contributed by atoms with E-state index in [1.54, 1.807) is 0 Å². The van der Waals surface area contributed by atoms with E-state index in [9.17, 15) is 4.79 Å². The number of rotatable bonds is 7. The molecule has 3 rings (SSSR count). The van der Waals surface area contributed by atoms with E-state index in [4.69, 9.17) is 0 Å². The normalized spacial score (nSPS) is 16.1. The smallest absolute Gasteiger partial charge is 0.234 e. The molecule has 1 unspecified atom stereocenters. The molecule has 1 saturated heterocycles. The molecule has 148 valence electrons. The van der Waals surface area contributed by atoms with Crippen molar-refractivity contribution in [3.63, 3.8) is 0 Å². The molecule has 1 aliphatic rings. The first-order valence-electron chi connectivity index (χ1n) is 9.10. The minimum atomic E-state index is 0. The molecule has 1 fully saturated rings. The topological polar surface area (TPSA) is 44.4 Å². The van der Waals surface area contributed by atoms with Crippen molar-refractivity contribution in [2.24, 2.45) is 0 Å². The first-order chi connectivity index (χ1) is 12.3. The summed E-state index contributed by atoms with van der Waals surface area (Å²) in [7, 11) is 0. The fourth-order valence-corrected chi connectivity index (χ4v) is 3.30. The molecule has 2 N–H and O–H groups in total. The van der Waals surface area contributed by atoms with Gasteiger partial charge in [-0.1, -0.05) is 60.7 Å². The molecule has 4 nitrogen and oxygen atoms in total. The Bertz CT molecular complexity index is 607. The maximum atomic E-state index is 12.5. The van der Waals surface area contributed by atoms with Crippen LogP contribution in [0, 0.1) is 0 Å². The summed E-state index contributed by atoms with van der Waals surface area (Å²) < 4.78 is 0. The fourth-order valence-electron chi connectivity index (χ4n) is 3.30. The van der Waals surface area contributed by atoms with Gasteiger partial charge in [-0.15, -0.1) is 24.8 Å². The van der Waals surface area contributed by atoms with Crippen molar-refractivity contribution in [1.29, 1.82) is 0 Å². The Hall–Kier alpha value is -1.59. The highest BCUT2D eigenvalue weighted by Gasteiger charge is 2.17. The van der Waals surface area contributed by atoms with Gasteiger partial charge in [0.25, 0.3) is 0 Å². The standard InChI is InChI=1S/C21H27N3O.2ClH/c25-21(23-20-12-7-13-22-14-20)17-24(15-18-8-3-1-4-9-18)16-19-10-5-2-6-11-19;;/h1-6,8-11,20,22H,7,12-17H2,(H,23,25);2*1H. The number of hydrogen-bond acceptors (Lipinski definition) is 3. The lowest BCUT2D eigenvalue weighted by Crippen LogP contribution is -2.48. The monoisotopic (exact) mass is 409 g/mol. The van der Waals surface area contributed by atoms with Gasteiger partial charge in [-0.25, -0.2) is 0 Å². The van der Waals surface area contributed by atoms with Crippen molar-refractivity contribution in [2.45, 2.75) is 32.0 Å². The largest absolute Gasteiger partial charge is 0.351 e. The third-order valence-corrected chi connectivity index (χ3v) is 4.53. The van der Waals surface area contributed by atoms with Gasteiger partial charge in [0.15, 0.2) is 0 Å². The second-order valence-corrected chi connectivity index (χ2v) is 6.73. The molecule has 2 aromatic carbocycles. The fraction of sp³-hybridized carbons (Fsp3) is 0.381. The maximum absolute atomic E-state index is 12.5. The highest BCUT2D eigenvalue weighted by Crippen LogP contribution is 2.10. The average molecular weight is 410 g/mol. The molecule has 1 heterocycles. The van der Waals surface area contributed by atoms with Crippen molar-refractivity contribution >= 4 is 30.7 Å². The number of benzene rings is 2. The first kappa shape index (κ1) is 23.4. The Morgan fingerprint density at radius 1 is 0.963 bits per heavy atom. The zero-order chi connectivity index (χ0) is 17.3. The van der Waals surface area contributed by atoms with Gasteiger partial charge in [0, 0.05) is 25.7 Å². The van der Waals surface area contributed by atoms with Gasteiger partial charge in [0.05, 0.1) is 6.54 Å². The van der Waals surface area contributed by atoms with Crippen LogP contribution >= 0.6 is 24.8 Å². The van der Waals surface area contributed by atoms with Crippen LogP contribution in [-0.2, 0) is 17.9 Å². The van der Waals surface area contributed by atoms with Crippen LogP contribution in [0.3, 0.4) is 0 Å². The summed E-state index contributed by atoms with van der Waals surface area (Å²) in [6, 6.07) is 20.9. The van der Waals surface area contributed by atoms with Crippen LogP contribution in [0.1, 0.15) is 24.0 Å². The van der Waals surface area contributed by atoms with Crippen molar-refractivity contribution in [3.05, 3.63) is 71.8 Å². The van der Waals surface area contributed by atoms with Gasteiger partial charge in [0.1, 0.15) is 0 Å². The van der Waals surface area contributed by atoms with Gasteiger partial charge in [-0.05, 0) is 30.5 Å². The molecular formula is C21H29Cl2N3O. The van der Waals surface area contributed by atoms with E-state index in [0.29, 0.717) is 6.54 Å². The van der Waals surface area contributed by atoms with E-state index >= 15 is 0 Å². The van der Waals surface area contributed by atoms with Gasteiger partial charge >= 0.3 is 0 Å². The van der Waals surface area contributed by atoms with Gasteiger partial charge in [-0.2, -0.15) is 0 Å². The van der Waals surface area contributed by atoms with E-state index in [1.165, 1.54) is 11.1 Å². The number of carbonyl (C=O) groups is 1. The molecule has 0 aliphatic carbocycles. The SMILES string of the molecule is Cl.Cl.O=C(CN(Cc1ccccc1)Cc1ccccc1)NC1CCCNC1. The van der Waals surface area contributed by atoms with Crippen molar-refractivity contribution in [2.75, 3.05) is 19.6 Å². The van der Waals surface area contributed by atoms with E-state index in [-0.39, 0.29) is 36.8 Å². The lowest BCUT2D eigenvalue weighted by atomic mass is 10.1. The van der Waals surface area contributed by atoms with Crippen LogP contribution in [-0.4, -0.2) is 36.5 Å². The molecule has 0 bridgehead atoms. The number of piperidine rings is 1. The number of nitrogens with zero attached hydrogens (tertiary/aromatic N) is 1. The zero-order valence-electron chi connectivity index (χ0n) is 15.5. The van der Waals surface area contributed by atoms with E-state index < -0.39 is 0 Å². The van der Waals surface area contributed by atoms with Gasteiger partial charge < -0.3 is 10.6 Å². The Balaban J connectivity index is 0.00000182. The highest BCUT2D eigenvalue weighted by atomic mass is 35.5. The predicted octanol–water partition coefficient (Wildman–Crippen LogP) is 3.40. The van der Waals surface area contributed by atoms with Crippen molar-refractivity contribution in [3.8, 4) is 0 Å². The Labute approximate surface area is 174 Å². The molecule has 1 amide bonds. The quantitative estimate of drug-likeness (QED) is 0.736. The molecule has 0 saturated carbocycles. The minimum absolute atomic E-state index is 0. The number of hydrogen-bond donors (Lipinski definition) is 2. The number of nitrogens with one attached hydrogen (secondary N) is 2. The summed E-state index contributed by atoms with van der Waals surface area (Å²) in [6.45, 7) is 3.89. The van der Waals surface area contributed by atoms with E-state index in [2.05, 4.69) is 39.8 Å². The summed E-state index contributed by atoms with van der Waals surface area (Å²) >= 11 is 0. The summed E-state index contributed by atoms with van der Waals surface area (Å²) in [5.74, 6) is 0.112. The minimum Gasteiger partial charge on any atom is -0.351 e.